The lowest BCUT2D eigenvalue weighted by Gasteiger charge is -2.16. The number of hydrogen-bond donors (Lipinski definition) is 2. The Kier molecular flexibility index (Phi) is 5.49. The lowest BCUT2D eigenvalue weighted by molar-refractivity contribution is -0.145. The van der Waals surface area contributed by atoms with Crippen LogP contribution in [0.3, 0.4) is 0 Å². The first-order chi connectivity index (χ1) is 8.19. The van der Waals surface area contributed by atoms with Gasteiger partial charge >= 0.3 is 5.97 Å². The minimum atomic E-state index is -0.925. The van der Waals surface area contributed by atoms with E-state index < -0.39 is 12.1 Å². The molecule has 1 atom stereocenters. The predicted octanol–water partition coefficient (Wildman–Crippen LogP) is 2.04. The van der Waals surface area contributed by atoms with Crippen molar-refractivity contribution in [2.75, 3.05) is 6.54 Å². The van der Waals surface area contributed by atoms with Gasteiger partial charge in [-0.2, -0.15) is 0 Å². The van der Waals surface area contributed by atoms with E-state index in [1.165, 1.54) is 0 Å². The molecule has 0 aliphatic rings. The number of carbonyl (C=O) groups is 1. The highest BCUT2D eigenvalue weighted by Crippen LogP contribution is 2.20. The molecule has 1 aromatic rings. The Morgan fingerprint density at radius 2 is 2.12 bits per heavy atom. The first kappa shape index (κ1) is 13.5. The van der Waals surface area contributed by atoms with Gasteiger partial charge in [0.15, 0.2) is 6.10 Å². The molecular formula is C13H19NO3. The summed E-state index contributed by atoms with van der Waals surface area (Å²) in [5.41, 5.74) is 0.981. The molecular weight excluding hydrogens is 218 g/mol. The Hall–Kier alpha value is -1.55. The predicted molar refractivity (Wildman–Crippen MR) is 66.2 cm³/mol. The fourth-order valence-corrected chi connectivity index (χ4v) is 1.49. The summed E-state index contributed by atoms with van der Waals surface area (Å²) in [5.74, 6) is -0.284. The van der Waals surface area contributed by atoms with E-state index in [1.54, 1.807) is 13.0 Å². The molecule has 0 aliphatic carbocycles. The van der Waals surface area contributed by atoms with Gasteiger partial charge < -0.3 is 15.2 Å². The van der Waals surface area contributed by atoms with Crippen LogP contribution in [0.1, 0.15) is 25.8 Å². The fraction of sp³-hybridized carbons (Fsp3) is 0.462. The number of aliphatic carboxylic acids is 1. The molecule has 0 bridgehead atoms. The number of rotatable bonds is 7. The number of carboxylic acids is 1. The van der Waals surface area contributed by atoms with Gasteiger partial charge in [-0.05, 0) is 19.0 Å². The van der Waals surface area contributed by atoms with E-state index in [4.69, 9.17) is 9.84 Å². The van der Waals surface area contributed by atoms with Crippen LogP contribution in [0, 0.1) is 0 Å². The van der Waals surface area contributed by atoms with Gasteiger partial charge in [-0.15, -0.1) is 0 Å². The summed E-state index contributed by atoms with van der Waals surface area (Å²) in [5, 5.41) is 12.2. The van der Waals surface area contributed by atoms with Gasteiger partial charge in [0.05, 0.1) is 0 Å². The molecule has 17 heavy (non-hydrogen) atoms. The highest BCUT2D eigenvalue weighted by atomic mass is 16.5. The fourth-order valence-electron chi connectivity index (χ4n) is 1.49. The first-order valence-corrected chi connectivity index (χ1v) is 5.87. The maximum atomic E-state index is 10.9. The SMILES string of the molecule is CCNCc1ccccc1OC(CC)C(=O)O. The van der Waals surface area contributed by atoms with E-state index in [-0.39, 0.29) is 0 Å². The molecule has 0 aromatic heterocycles. The highest BCUT2D eigenvalue weighted by Gasteiger charge is 2.17. The van der Waals surface area contributed by atoms with Crippen LogP contribution >= 0.6 is 0 Å². The zero-order chi connectivity index (χ0) is 12.7. The molecule has 4 nitrogen and oxygen atoms in total. The van der Waals surface area contributed by atoms with E-state index in [2.05, 4.69) is 5.32 Å². The van der Waals surface area contributed by atoms with E-state index in [9.17, 15) is 4.79 Å². The minimum Gasteiger partial charge on any atom is -0.479 e. The Morgan fingerprint density at radius 3 is 2.71 bits per heavy atom. The number of nitrogens with one attached hydrogen (secondary N) is 1. The molecule has 1 rings (SSSR count). The van der Waals surface area contributed by atoms with Crippen LogP contribution in [0.15, 0.2) is 24.3 Å². The second-order valence-corrected chi connectivity index (χ2v) is 3.74. The summed E-state index contributed by atoms with van der Waals surface area (Å²) >= 11 is 0. The van der Waals surface area contributed by atoms with Gasteiger partial charge in [-0.1, -0.05) is 32.0 Å². The normalized spacial score (nSPS) is 12.1. The van der Waals surface area contributed by atoms with E-state index in [0.29, 0.717) is 18.7 Å². The van der Waals surface area contributed by atoms with Crippen LogP contribution in [0.4, 0.5) is 0 Å². The average Bonchev–Trinajstić information content (AvgIpc) is 2.34. The minimum absolute atomic E-state index is 0.449. The number of para-hydroxylation sites is 1. The number of hydrogen-bond acceptors (Lipinski definition) is 3. The molecule has 0 saturated carbocycles. The maximum Gasteiger partial charge on any atom is 0.344 e. The van der Waals surface area contributed by atoms with Crippen LogP contribution in [-0.2, 0) is 11.3 Å². The molecule has 0 aliphatic heterocycles. The molecule has 0 spiro atoms. The van der Waals surface area contributed by atoms with Crippen molar-refractivity contribution >= 4 is 5.97 Å². The highest BCUT2D eigenvalue weighted by molar-refractivity contribution is 5.72. The van der Waals surface area contributed by atoms with Crippen molar-refractivity contribution < 1.29 is 14.6 Å². The lowest BCUT2D eigenvalue weighted by Crippen LogP contribution is -2.26. The third-order valence-electron chi connectivity index (χ3n) is 2.45. The summed E-state index contributed by atoms with van der Waals surface area (Å²) in [6.45, 7) is 5.37. The Bertz CT molecular complexity index is 365. The van der Waals surface area contributed by atoms with Gasteiger partial charge in [-0.25, -0.2) is 4.79 Å². The van der Waals surface area contributed by atoms with Crippen LogP contribution in [0.25, 0.3) is 0 Å². The summed E-state index contributed by atoms with van der Waals surface area (Å²) in [6.07, 6.45) is -0.331. The van der Waals surface area contributed by atoms with Crippen molar-refractivity contribution in [2.45, 2.75) is 32.9 Å². The molecule has 1 aromatic carbocycles. The number of benzene rings is 1. The molecule has 4 heteroatoms. The third kappa shape index (κ3) is 4.07. The van der Waals surface area contributed by atoms with E-state index >= 15 is 0 Å². The van der Waals surface area contributed by atoms with Crippen LogP contribution in [-0.4, -0.2) is 23.7 Å². The second kappa shape index (κ2) is 6.91. The molecule has 0 saturated heterocycles. The second-order valence-electron chi connectivity index (χ2n) is 3.74. The zero-order valence-corrected chi connectivity index (χ0v) is 10.3. The van der Waals surface area contributed by atoms with Crippen molar-refractivity contribution in [3.05, 3.63) is 29.8 Å². The largest absolute Gasteiger partial charge is 0.479 e. The van der Waals surface area contributed by atoms with E-state index in [0.717, 1.165) is 12.1 Å². The van der Waals surface area contributed by atoms with Gasteiger partial charge in [0.2, 0.25) is 0 Å². The topological polar surface area (TPSA) is 58.6 Å². The first-order valence-electron chi connectivity index (χ1n) is 5.87. The summed E-state index contributed by atoms with van der Waals surface area (Å²) in [7, 11) is 0. The zero-order valence-electron chi connectivity index (χ0n) is 10.3. The van der Waals surface area contributed by atoms with Gasteiger partial charge in [0.1, 0.15) is 5.75 Å². The third-order valence-corrected chi connectivity index (χ3v) is 2.45. The average molecular weight is 237 g/mol. The standard InChI is InChI=1S/C13H19NO3/c1-3-11(13(15)16)17-12-8-6-5-7-10(12)9-14-4-2/h5-8,11,14H,3-4,9H2,1-2H3,(H,15,16). The van der Waals surface area contributed by atoms with Crippen molar-refractivity contribution in [2.24, 2.45) is 0 Å². The van der Waals surface area contributed by atoms with E-state index in [1.807, 2.05) is 25.1 Å². The van der Waals surface area contributed by atoms with Crippen LogP contribution in [0.2, 0.25) is 0 Å². The maximum absolute atomic E-state index is 10.9. The van der Waals surface area contributed by atoms with Crippen molar-refractivity contribution in [1.82, 2.24) is 5.32 Å². The Morgan fingerprint density at radius 1 is 1.41 bits per heavy atom. The molecule has 2 N–H and O–H groups in total. The molecule has 94 valence electrons. The van der Waals surface area contributed by atoms with Crippen molar-refractivity contribution in [1.29, 1.82) is 0 Å². The number of ether oxygens (including phenoxy) is 1. The Balaban J connectivity index is 2.78. The van der Waals surface area contributed by atoms with Crippen molar-refractivity contribution in [3.63, 3.8) is 0 Å². The lowest BCUT2D eigenvalue weighted by atomic mass is 10.2. The monoisotopic (exact) mass is 237 g/mol. The molecule has 0 fully saturated rings. The van der Waals surface area contributed by atoms with Crippen LogP contribution < -0.4 is 10.1 Å². The summed E-state index contributed by atoms with van der Waals surface area (Å²) in [4.78, 5) is 10.9. The molecule has 1 unspecified atom stereocenters. The molecule has 0 radical (unpaired) electrons. The quantitative estimate of drug-likeness (QED) is 0.762. The summed E-state index contributed by atoms with van der Waals surface area (Å²) < 4.78 is 5.51. The molecule has 0 heterocycles. The van der Waals surface area contributed by atoms with Crippen molar-refractivity contribution in [3.8, 4) is 5.75 Å². The van der Waals surface area contributed by atoms with Crippen LogP contribution in [0.5, 0.6) is 5.75 Å². The van der Waals surface area contributed by atoms with Gasteiger partial charge in [-0.3, -0.25) is 0 Å². The van der Waals surface area contributed by atoms with Gasteiger partial charge in [0.25, 0.3) is 0 Å². The smallest absolute Gasteiger partial charge is 0.344 e. The summed E-state index contributed by atoms with van der Waals surface area (Å²) in [6, 6.07) is 7.51. The Labute approximate surface area is 102 Å². The van der Waals surface area contributed by atoms with Gasteiger partial charge in [0, 0.05) is 12.1 Å². The molecule has 0 amide bonds. The number of carboxylic acid groups (broad SMARTS) is 1.